The summed E-state index contributed by atoms with van der Waals surface area (Å²) < 4.78 is 22.0. The number of carbonyl (C=O) groups excluding carboxylic acids is 3. The van der Waals surface area contributed by atoms with Crippen LogP contribution in [0, 0.1) is 12.8 Å². The summed E-state index contributed by atoms with van der Waals surface area (Å²) in [4.78, 5) is 40.5. The number of Topliss-reactive ketones (excluding diaryl/α,β-unsaturated/α-hetero) is 1. The fraction of sp³-hybridized carbons (Fsp3) is 0.387. The van der Waals surface area contributed by atoms with E-state index in [1.165, 1.54) is 6.92 Å². The molecule has 0 radical (unpaired) electrons. The molecule has 0 spiro atoms. The largest absolute Gasteiger partial charge is 0.457 e. The molecule has 1 aliphatic rings. The highest BCUT2D eigenvalue weighted by Gasteiger charge is 2.42. The summed E-state index contributed by atoms with van der Waals surface area (Å²) in [5, 5.41) is 8.76. The number of cyclic esters (lactones) is 1. The number of rotatable bonds is 14. The van der Waals surface area contributed by atoms with Gasteiger partial charge in [0.25, 0.3) is 0 Å². The summed E-state index contributed by atoms with van der Waals surface area (Å²) in [6.07, 6.45) is 0.401. The number of aryl methyl sites for hydroxylation is 2. The first kappa shape index (κ1) is 29.2. The lowest BCUT2D eigenvalue weighted by molar-refractivity contribution is -0.131. The van der Waals surface area contributed by atoms with Gasteiger partial charge in [0.1, 0.15) is 24.3 Å². The SMILES string of the molecule is Cc1cccc(-c2cc(C(=O)[C@@H](C)C(=O)N3C(=O)OC[C@H]3c3ccccc3)oc2CCCOCCOCCO)c1. The van der Waals surface area contributed by atoms with E-state index < -0.39 is 29.7 Å². The quantitative estimate of drug-likeness (QED) is 0.174. The number of benzene rings is 2. The van der Waals surface area contributed by atoms with Crippen LogP contribution in [0.5, 0.6) is 0 Å². The molecule has 0 aliphatic carbocycles. The summed E-state index contributed by atoms with van der Waals surface area (Å²) in [7, 11) is 0. The van der Waals surface area contributed by atoms with Gasteiger partial charge in [-0.05, 0) is 37.5 Å². The number of ether oxygens (including phenoxy) is 3. The van der Waals surface area contributed by atoms with Crippen molar-refractivity contribution < 1.29 is 38.1 Å². The number of ketones is 1. The second kappa shape index (κ2) is 14.0. The van der Waals surface area contributed by atoms with Crippen molar-refractivity contribution in [2.75, 3.05) is 39.6 Å². The van der Waals surface area contributed by atoms with Gasteiger partial charge >= 0.3 is 6.09 Å². The fourth-order valence-corrected chi connectivity index (χ4v) is 4.63. The second-order valence-corrected chi connectivity index (χ2v) is 9.67. The number of imide groups is 1. The highest BCUT2D eigenvalue weighted by Crippen LogP contribution is 2.33. The van der Waals surface area contributed by atoms with Gasteiger partial charge in [0, 0.05) is 18.6 Å². The highest BCUT2D eigenvalue weighted by atomic mass is 16.6. The Kier molecular flexibility index (Phi) is 10.2. The summed E-state index contributed by atoms with van der Waals surface area (Å²) >= 11 is 0. The van der Waals surface area contributed by atoms with E-state index in [0.717, 1.165) is 27.2 Å². The molecule has 3 aromatic rings. The molecule has 1 N–H and O–H groups in total. The van der Waals surface area contributed by atoms with E-state index in [1.807, 2.05) is 61.5 Å². The highest BCUT2D eigenvalue weighted by molar-refractivity contribution is 6.12. The molecule has 1 aliphatic heterocycles. The van der Waals surface area contributed by atoms with Crippen LogP contribution in [0.15, 0.2) is 65.1 Å². The minimum Gasteiger partial charge on any atom is -0.457 e. The van der Waals surface area contributed by atoms with Gasteiger partial charge in [0.2, 0.25) is 11.7 Å². The molecule has 9 heteroatoms. The Labute approximate surface area is 233 Å². The smallest absolute Gasteiger partial charge is 0.417 e. The van der Waals surface area contributed by atoms with Crippen LogP contribution in [-0.4, -0.2) is 67.4 Å². The number of hydrogen-bond acceptors (Lipinski definition) is 8. The summed E-state index contributed by atoms with van der Waals surface area (Å²) in [5.41, 5.74) is 3.50. The topological polar surface area (TPSA) is 116 Å². The molecule has 2 atom stereocenters. The molecule has 2 amide bonds. The monoisotopic (exact) mass is 549 g/mol. The van der Waals surface area contributed by atoms with Crippen molar-refractivity contribution in [1.82, 2.24) is 4.90 Å². The predicted molar refractivity (Wildman–Crippen MR) is 147 cm³/mol. The first-order valence-electron chi connectivity index (χ1n) is 13.5. The van der Waals surface area contributed by atoms with Crippen LogP contribution in [0.3, 0.4) is 0 Å². The fourth-order valence-electron chi connectivity index (χ4n) is 4.63. The van der Waals surface area contributed by atoms with Crippen molar-refractivity contribution in [2.45, 2.75) is 32.7 Å². The molecule has 1 saturated heterocycles. The van der Waals surface area contributed by atoms with Gasteiger partial charge in [-0.3, -0.25) is 9.59 Å². The third kappa shape index (κ3) is 7.04. The van der Waals surface area contributed by atoms with E-state index in [1.54, 1.807) is 6.07 Å². The maximum Gasteiger partial charge on any atom is 0.417 e. The molecular formula is C31H35NO8. The van der Waals surface area contributed by atoms with E-state index in [9.17, 15) is 14.4 Å². The number of furan rings is 1. The first-order chi connectivity index (χ1) is 19.4. The van der Waals surface area contributed by atoms with E-state index in [0.29, 0.717) is 38.4 Å². The molecular weight excluding hydrogens is 514 g/mol. The van der Waals surface area contributed by atoms with Gasteiger partial charge in [0.05, 0.1) is 26.4 Å². The molecule has 212 valence electrons. The molecule has 0 unspecified atom stereocenters. The Balaban J connectivity index is 1.49. The van der Waals surface area contributed by atoms with E-state index in [4.69, 9.17) is 23.7 Å². The lowest BCUT2D eigenvalue weighted by atomic mass is 9.98. The Morgan fingerprint density at radius 2 is 1.77 bits per heavy atom. The van der Waals surface area contributed by atoms with E-state index >= 15 is 0 Å². The van der Waals surface area contributed by atoms with Gasteiger partial charge in [0.15, 0.2) is 5.76 Å². The molecule has 2 aromatic carbocycles. The van der Waals surface area contributed by atoms with Crippen LogP contribution in [0.4, 0.5) is 4.79 Å². The van der Waals surface area contributed by atoms with Crippen LogP contribution in [-0.2, 0) is 25.4 Å². The zero-order valence-electron chi connectivity index (χ0n) is 22.8. The molecule has 0 bridgehead atoms. The number of amides is 2. The van der Waals surface area contributed by atoms with Crippen molar-refractivity contribution in [3.05, 3.63) is 83.3 Å². The standard InChI is InChI=1S/C31H35NO8/c1-21-8-6-11-24(18-21)25-19-28(40-27(25)12-7-14-37-16-17-38-15-13-33)29(34)22(2)30(35)32-26(20-39-31(32)36)23-9-4-3-5-10-23/h3-6,8-11,18-19,22,26,33H,7,12-17,20H2,1-2H3/t22-,26+/m1/s1. The molecule has 1 fully saturated rings. The van der Waals surface area contributed by atoms with Crippen LogP contribution < -0.4 is 0 Å². The molecule has 0 saturated carbocycles. The number of hydrogen-bond donors (Lipinski definition) is 1. The van der Waals surface area contributed by atoms with Gasteiger partial charge in [-0.25, -0.2) is 9.69 Å². The second-order valence-electron chi connectivity index (χ2n) is 9.67. The summed E-state index contributed by atoms with van der Waals surface area (Å²) in [6.45, 7) is 5.03. The van der Waals surface area contributed by atoms with E-state index in [2.05, 4.69) is 0 Å². The lowest BCUT2D eigenvalue weighted by Crippen LogP contribution is -2.40. The zero-order chi connectivity index (χ0) is 28.5. The Hall–Kier alpha value is -3.79. The summed E-state index contributed by atoms with van der Waals surface area (Å²) in [5.74, 6) is -1.60. The minimum absolute atomic E-state index is 0.0266. The van der Waals surface area contributed by atoms with Crippen molar-refractivity contribution in [2.24, 2.45) is 5.92 Å². The van der Waals surface area contributed by atoms with Crippen LogP contribution in [0.1, 0.15) is 46.8 Å². The van der Waals surface area contributed by atoms with Crippen molar-refractivity contribution >= 4 is 17.8 Å². The van der Waals surface area contributed by atoms with Crippen LogP contribution >= 0.6 is 0 Å². The minimum atomic E-state index is -1.15. The van der Waals surface area contributed by atoms with Gasteiger partial charge in [-0.15, -0.1) is 0 Å². The maximum absolute atomic E-state index is 13.5. The molecule has 40 heavy (non-hydrogen) atoms. The predicted octanol–water partition coefficient (Wildman–Crippen LogP) is 4.75. The van der Waals surface area contributed by atoms with E-state index in [-0.39, 0.29) is 25.6 Å². The molecule has 4 rings (SSSR count). The maximum atomic E-state index is 13.5. The average Bonchev–Trinajstić information content (AvgIpc) is 3.57. The van der Waals surface area contributed by atoms with Crippen molar-refractivity contribution in [1.29, 1.82) is 0 Å². The Morgan fingerprint density at radius 3 is 2.50 bits per heavy atom. The normalized spacial score (nSPS) is 15.7. The van der Waals surface area contributed by atoms with Crippen LogP contribution in [0.25, 0.3) is 11.1 Å². The first-order valence-corrected chi connectivity index (χ1v) is 13.5. The average molecular weight is 550 g/mol. The summed E-state index contributed by atoms with van der Waals surface area (Å²) in [6, 6.07) is 18.1. The number of carbonyl (C=O) groups is 3. The lowest BCUT2D eigenvalue weighted by Gasteiger charge is -2.22. The number of aliphatic hydroxyl groups excluding tert-OH is 1. The van der Waals surface area contributed by atoms with Crippen LogP contribution in [0.2, 0.25) is 0 Å². The van der Waals surface area contributed by atoms with Gasteiger partial charge in [-0.2, -0.15) is 0 Å². The third-order valence-corrected chi connectivity index (χ3v) is 6.74. The third-order valence-electron chi connectivity index (χ3n) is 6.74. The van der Waals surface area contributed by atoms with Crippen molar-refractivity contribution in [3.63, 3.8) is 0 Å². The molecule has 9 nitrogen and oxygen atoms in total. The molecule has 2 heterocycles. The van der Waals surface area contributed by atoms with Gasteiger partial charge < -0.3 is 23.7 Å². The number of aliphatic hydroxyl groups is 1. The zero-order valence-corrected chi connectivity index (χ0v) is 22.8. The number of nitrogens with zero attached hydrogens (tertiary/aromatic N) is 1. The van der Waals surface area contributed by atoms with Gasteiger partial charge in [-0.1, -0.05) is 60.2 Å². The molecule has 1 aromatic heterocycles. The Morgan fingerprint density at radius 1 is 1.02 bits per heavy atom. The van der Waals surface area contributed by atoms with Crippen molar-refractivity contribution in [3.8, 4) is 11.1 Å². The Bertz CT molecular complexity index is 1300.